The van der Waals surface area contributed by atoms with Crippen LogP contribution >= 0.6 is 0 Å². The molecule has 13 heavy (non-hydrogen) atoms. The van der Waals surface area contributed by atoms with Gasteiger partial charge in [0.1, 0.15) is 6.61 Å². The van der Waals surface area contributed by atoms with E-state index >= 15 is 0 Å². The third kappa shape index (κ3) is 9.13. The Morgan fingerprint density at radius 3 is 2.46 bits per heavy atom. The monoisotopic (exact) mass is 200 g/mol. The lowest BCUT2D eigenvalue weighted by Crippen LogP contribution is -2.18. The van der Waals surface area contributed by atoms with E-state index in [2.05, 4.69) is 9.47 Å². The maximum Gasteiger partial charge on any atom is 0.411 e. The fourth-order valence-corrected chi connectivity index (χ4v) is 0.577. The molecule has 0 rings (SSSR count). The second-order valence-corrected chi connectivity index (χ2v) is 2.22. The predicted octanol–water partition coefficient (Wildman–Crippen LogP) is 1.52. The molecule has 0 aromatic heterocycles. The number of halogens is 3. The Morgan fingerprint density at radius 1 is 1.38 bits per heavy atom. The van der Waals surface area contributed by atoms with Gasteiger partial charge >= 0.3 is 12.1 Å². The molecule has 0 saturated heterocycles. The molecule has 0 atom stereocenters. The molecule has 0 radical (unpaired) electrons. The zero-order chi connectivity index (χ0) is 10.3. The Morgan fingerprint density at radius 2 is 2.00 bits per heavy atom. The Balaban J connectivity index is 3.31. The Hall–Kier alpha value is -0.780. The third-order valence-corrected chi connectivity index (χ3v) is 1.02. The fraction of sp³-hybridized carbons (Fsp3) is 0.857. The molecule has 0 aromatic rings. The molecule has 0 aliphatic rings. The van der Waals surface area contributed by atoms with E-state index in [0.29, 0.717) is 0 Å². The van der Waals surface area contributed by atoms with Crippen molar-refractivity contribution in [2.24, 2.45) is 0 Å². The number of carbonyl (C=O) groups excluding carboxylic acids is 1. The van der Waals surface area contributed by atoms with Crippen molar-refractivity contribution < 1.29 is 27.4 Å². The molecule has 0 aliphatic carbocycles. The molecule has 78 valence electrons. The maximum atomic E-state index is 11.5. The molecule has 0 amide bonds. The molecule has 6 heteroatoms. The second-order valence-electron chi connectivity index (χ2n) is 2.22. The van der Waals surface area contributed by atoms with Crippen LogP contribution in [0, 0.1) is 0 Å². The molecule has 0 N–H and O–H groups in total. The van der Waals surface area contributed by atoms with Crippen molar-refractivity contribution in [3.05, 3.63) is 0 Å². The Labute approximate surface area is 73.8 Å². The largest absolute Gasteiger partial charge is 0.466 e. The van der Waals surface area contributed by atoms with Gasteiger partial charge in [0, 0.05) is 0 Å². The summed E-state index contributed by atoms with van der Waals surface area (Å²) in [6, 6.07) is 0. The summed E-state index contributed by atoms with van der Waals surface area (Å²) < 4.78 is 43.1. The van der Waals surface area contributed by atoms with Gasteiger partial charge in [-0.05, 0) is 6.92 Å². The summed E-state index contributed by atoms with van der Waals surface area (Å²) in [6.45, 7) is 0.247. The number of ether oxygens (including phenoxy) is 2. The number of esters is 1. The molecule has 0 spiro atoms. The summed E-state index contributed by atoms with van der Waals surface area (Å²) in [5.74, 6) is -0.551. The van der Waals surface area contributed by atoms with Crippen molar-refractivity contribution in [2.75, 3.05) is 19.8 Å². The fourth-order valence-electron chi connectivity index (χ4n) is 0.577. The molecule has 0 bridgehead atoms. The highest BCUT2D eigenvalue weighted by Crippen LogP contribution is 2.14. The molecule has 0 aliphatic heterocycles. The summed E-state index contributed by atoms with van der Waals surface area (Å²) in [5.41, 5.74) is 0. The van der Waals surface area contributed by atoms with Crippen LogP contribution in [-0.2, 0) is 14.3 Å². The van der Waals surface area contributed by atoms with Crippen LogP contribution in [0.25, 0.3) is 0 Å². The van der Waals surface area contributed by atoms with Gasteiger partial charge in [-0.2, -0.15) is 13.2 Å². The van der Waals surface area contributed by atoms with E-state index in [1.165, 1.54) is 0 Å². The van der Waals surface area contributed by atoms with Crippen molar-refractivity contribution in [1.82, 2.24) is 0 Å². The molecule has 0 saturated carbocycles. The van der Waals surface area contributed by atoms with Gasteiger partial charge in [0.25, 0.3) is 0 Å². The highest BCUT2D eigenvalue weighted by atomic mass is 19.4. The van der Waals surface area contributed by atoms with Crippen LogP contribution in [0.4, 0.5) is 13.2 Å². The molecule has 0 unspecified atom stereocenters. The molecule has 0 aromatic carbocycles. The van der Waals surface area contributed by atoms with E-state index in [4.69, 9.17) is 0 Å². The minimum Gasteiger partial charge on any atom is -0.466 e. The Kier molecular flexibility index (Phi) is 5.45. The SMILES string of the molecule is CCOC(=O)CCOCC(F)(F)F. The van der Waals surface area contributed by atoms with Crippen molar-refractivity contribution in [1.29, 1.82) is 0 Å². The number of carbonyl (C=O) groups is 1. The standard InChI is InChI=1S/C7H11F3O3/c1-2-13-6(11)3-4-12-5-7(8,9)10/h2-5H2,1H3. The van der Waals surface area contributed by atoms with Crippen molar-refractivity contribution >= 4 is 5.97 Å². The minimum absolute atomic E-state index is 0.149. The van der Waals surface area contributed by atoms with Crippen molar-refractivity contribution in [3.63, 3.8) is 0 Å². The van der Waals surface area contributed by atoms with Crippen molar-refractivity contribution in [2.45, 2.75) is 19.5 Å². The topological polar surface area (TPSA) is 35.5 Å². The molecule has 0 heterocycles. The quantitative estimate of drug-likeness (QED) is 0.498. The van der Waals surface area contributed by atoms with Gasteiger partial charge in [0.15, 0.2) is 0 Å². The third-order valence-electron chi connectivity index (χ3n) is 1.02. The first-order chi connectivity index (χ1) is 5.95. The summed E-state index contributed by atoms with van der Waals surface area (Å²) in [4.78, 5) is 10.6. The van der Waals surface area contributed by atoms with Crippen LogP contribution < -0.4 is 0 Å². The van der Waals surface area contributed by atoms with E-state index in [1.54, 1.807) is 6.92 Å². The molecule has 0 fully saturated rings. The van der Waals surface area contributed by atoms with Gasteiger partial charge in [-0.3, -0.25) is 4.79 Å². The first kappa shape index (κ1) is 12.2. The second kappa shape index (κ2) is 5.80. The molecular weight excluding hydrogens is 189 g/mol. The van der Waals surface area contributed by atoms with Crippen LogP contribution in [0.15, 0.2) is 0 Å². The number of alkyl halides is 3. The highest BCUT2D eigenvalue weighted by molar-refractivity contribution is 5.69. The number of rotatable bonds is 5. The minimum atomic E-state index is -4.34. The lowest BCUT2D eigenvalue weighted by Gasteiger charge is -2.06. The first-order valence-electron chi connectivity index (χ1n) is 3.76. The lowest BCUT2D eigenvalue weighted by molar-refractivity contribution is -0.176. The van der Waals surface area contributed by atoms with E-state index < -0.39 is 18.8 Å². The van der Waals surface area contributed by atoms with Gasteiger partial charge in [-0.25, -0.2) is 0 Å². The normalized spacial score (nSPS) is 11.4. The van der Waals surface area contributed by atoms with Crippen LogP contribution in [0.5, 0.6) is 0 Å². The summed E-state index contributed by atoms with van der Waals surface area (Å²) in [6.07, 6.45) is -4.49. The van der Waals surface area contributed by atoms with Gasteiger partial charge < -0.3 is 9.47 Å². The van der Waals surface area contributed by atoms with Gasteiger partial charge in [-0.15, -0.1) is 0 Å². The highest BCUT2D eigenvalue weighted by Gasteiger charge is 2.27. The van der Waals surface area contributed by atoms with E-state index in [0.717, 1.165) is 0 Å². The van der Waals surface area contributed by atoms with Crippen LogP contribution in [0.2, 0.25) is 0 Å². The van der Waals surface area contributed by atoms with Crippen molar-refractivity contribution in [3.8, 4) is 0 Å². The average Bonchev–Trinajstić information content (AvgIpc) is 1.97. The van der Waals surface area contributed by atoms with E-state index in [1.807, 2.05) is 0 Å². The van der Waals surface area contributed by atoms with Crippen LogP contribution in [0.1, 0.15) is 13.3 Å². The van der Waals surface area contributed by atoms with E-state index in [9.17, 15) is 18.0 Å². The number of hydrogen-bond donors (Lipinski definition) is 0. The van der Waals surface area contributed by atoms with Crippen LogP contribution in [0.3, 0.4) is 0 Å². The zero-order valence-corrected chi connectivity index (χ0v) is 7.19. The Bertz CT molecular complexity index is 156. The smallest absolute Gasteiger partial charge is 0.411 e. The van der Waals surface area contributed by atoms with Gasteiger partial charge in [0.05, 0.1) is 19.6 Å². The summed E-state index contributed by atoms with van der Waals surface area (Å²) in [5, 5.41) is 0. The lowest BCUT2D eigenvalue weighted by atomic mass is 10.5. The summed E-state index contributed by atoms with van der Waals surface area (Å²) in [7, 11) is 0. The number of hydrogen-bond acceptors (Lipinski definition) is 3. The van der Waals surface area contributed by atoms with Gasteiger partial charge in [0.2, 0.25) is 0 Å². The predicted molar refractivity (Wildman–Crippen MR) is 38.1 cm³/mol. The van der Waals surface area contributed by atoms with Gasteiger partial charge in [-0.1, -0.05) is 0 Å². The maximum absolute atomic E-state index is 11.5. The molecule has 3 nitrogen and oxygen atoms in total. The average molecular weight is 200 g/mol. The summed E-state index contributed by atoms with van der Waals surface area (Å²) >= 11 is 0. The van der Waals surface area contributed by atoms with E-state index in [-0.39, 0.29) is 19.6 Å². The van der Waals surface area contributed by atoms with Crippen LogP contribution in [-0.4, -0.2) is 32.0 Å². The zero-order valence-electron chi connectivity index (χ0n) is 7.19. The first-order valence-corrected chi connectivity index (χ1v) is 3.76. The molecular formula is C7H11F3O3.